The van der Waals surface area contributed by atoms with Gasteiger partial charge in [0.15, 0.2) is 0 Å². The molecule has 1 aromatic heterocycles. The van der Waals surface area contributed by atoms with E-state index in [9.17, 15) is 0 Å². The highest BCUT2D eigenvalue weighted by Gasteiger charge is 2.16. The summed E-state index contributed by atoms with van der Waals surface area (Å²) < 4.78 is 11.0. The van der Waals surface area contributed by atoms with Crippen molar-refractivity contribution in [1.29, 1.82) is 0 Å². The van der Waals surface area contributed by atoms with E-state index in [0.717, 1.165) is 0 Å². The minimum atomic E-state index is -0.360. The van der Waals surface area contributed by atoms with Crippen LogP contribution in [0.15, 0.2) is 0 Å². The number of rotatable bonds is 4. The van der Waals surface area contributed by atoms with Crippen LogP contribution in [0.5, 0.6) is 12.0 Å². The summed E-state index contributed by atoms with van der Waals surface area (Å²) >= 11 is 0. The van der Waals surface area contributed by atoms with Gasteiger partial charge in [0.25, 0.3) is 0 Å². The molecule has 1 aromatic rings. The van der Waals surface area contributed by atoms with E-state index in [-0.39, 0.29) is 23.7 Å². The second kappa shape index (κ2) is 5.16. The molecule has 96 valence electrons. The number of hydrogen-bond acceptors (Lipinski definition) is 6. The molecule has 0 amide bonds. The van der Waals surface area contributed by atoms with Crippen LogP contribution in [0.4, 0.5) is 5.95 Å². The fourth-order valence-electron chi connectivity index (χ4n) is 1.03. The molecule has 0 spiro atoms. The molecule has 0 bridgehead atoms. The smallest absolute Gasteiger partial charge is 0.324 e. The molecule has 6 nitrogen and oxygen atoms in total. The molecule has 0 saturated heterocycles. The average Bonchev–Trinajstić information content (AvgIpc) is 2.13. The van der Waals surface area contributed by atoms with Gasteiger partial charge in [-0.15, -0.1) is 4.98 Å². The Morgan fingerprint density at radius 3 is 2.12 bits per heavy atom. The summed E-state index contributed by atoms with van der Waals surface area (Å²) in [5.41, 5.74) is -0.360. The van der Waals surface area contributed by atoms with Gasteiger partial charge in [-0.05, 0) is 34.6 Å². The van der Waals surface area contributed by atoms with Gasteiger partial charge in [0.05, 0.1) is 6.10 Å². The maximum Gasteiger partial charge on any atom is 0.324 e. The zero-order valence-corrected chi connectivity index (χ0v) is 11.2. The van der Waals surface area contributed by atoms with Gasteiger partial charge >= 0.3 is 12.0 Å². The third-order valence-electron chi connectivity index (χ3n) is 1.56. The second-order valence-electron chi connectivity index (χ2n) is 4.86. The molecule has 0 aliphatic carbocycles. The Labute approximate surface area is 102 Å². The molecule has 0 aliphatic heterocycles. The summed E-state index contributed by atoms with van der Waals surface area (Å²) in [6.07, 6.45) is 0.00425. The summed E-state index contributed by atoms with van der Waals surface area (Å²) in [5.74, 6) is 0.426. The summed E-state index contributed by atoms with van der Waals surface area (Å²) in [7, 11) is 1.73. The zero-order chi connectivity index (χ0) is 13.1. The van der Waals surface area contributed by atoms with Gasteiger partial charge in [-0.2, -0.15) is 9.97 Å². The van der Waals surface area contributed by atoms with Crippen molar-refractivity contribution in [2.24, 2.45) is 0 Å². The molecule has 1 heterocycles. The van der Waals surface area contributed by atoms with Crippen LogP contribution in [0.1, 0.15) is 34.6 Å². The average molecular weight is 240 g/mol. The largest absolute Gasteiger partial charge is 0.461 e. The monoisotopic (exact) mass is 240 g/mol. The Kier molecular flexibility index (Phi) is 4.09. The lowest BCUT2D eigenvalue weighted by Crippen LogP contribution is -2.25. The van der Waals surface area contributed by atoms with E-state index >= 15 is 0 Å². The normalized spacial score (nSPS) is 11.5. The molecule has 0 aromatic carbocycles. The topological polar surface area (TPSA) is 69.2 Å². The van der Waals surface area contributed by atoms with E-state index < -0.39 is 0 Å². The van der Waals surface area contributed by atoms with Gasteiger partial charge in [0, 0.05) is 7.05 Å². The van der Waals surface area contributed by atoms with Gasteiger partial charge in [-0.25, -0.2) is 0 Å². The van der Waals surface area contributed by atoms with E-state index in [1.165, 1.54) is 0 Å². The third-order valence-corrected chi connectivity index (χ3v) is 1.56. The number of anilines is 1. The highest BCUT2D eigenvalue weighted by molar-refractivity contribution is 5.26. The van der Waals surface area contributed by atoms with E-state index in [2.05, 4.69) is 20.3 Å². The molecular formula is C11H20N4O2. The molecule has 0 unspecified atom stereocenters. The van der Waals surface area contributed by atoms with Gasteiger partial charge in [-0.1, -0.05) is 0 Å². The van der Waals surface area contributed by atoms with Crippen molar-refractivity contribution < 1.29 is 9.47 Å². The zero-order valence-electron chi connectivity index (χ0n) is 11.2. The van der Waals surface area contributed by atoms with Crippen molar-refractivity contribution in [3.05, 3.63) is 0 Å². The van der Waals surface area contributed by atoms with Gasteiger partial charge in [0.1, 0.15) is 5.60 Å². The van der Waals surface area contributed by atoms with Crippen LogP contribution in [-0.4, -0.2) is 33.7 Å². The second-order valence-corrected chi connectivity index (χ2v) is 4.86. The van der Waals surface area contributed by atoms with Crippen molar-refractivity contribution in [1.82, 2.24) is 15.0 Å². The first kappa shape index (κ1) is 13.5. The third kappa shape index (κ3) is 4.84. The van der Waals surface area contributed by atoms with Gasteiger partial charge in [0.2, 0.25) is 5.95 Å². The SMILES string of the molecule is CNc1nc(OC(C)C)nc(OC(C)(C)C)n1. The number of aromatic nitrogens is 3. The maximum atomic E-state index is 5.58. The van der Waals surface area contributed by atoms with Crippen LogP contribution in [0.3, 0.4) is 0 Å². The summed E-state index contributed by atoms with van der Waals surface area (Å²) in [5, 5.41) is 2.84. The summed E-state index contributed by atoms with van der Waals surface area (Å²) in [6.45, 7) is 9.61. The number of nitrogens with one attached hydrogen (secondary N) is 1. The first-order valence-corrected chi connectivity index (χ1v) is 5.59. The Balaban J connectivity index is 2.97. The molecule has 1 N–H and O–H groups in total. The summed E-state index contributed by atoms with van der Waals surface area (Å²) in [6, 6.07) is 0.520. The van der Waals surface area contributed by atoms with Crippen LogP contribution in [0.25, 0.3) is 0 Å². The molecule has 1 rings (SSSR count). The van der Waals surface area contributed by atoms with Crippen LogP contribution >= 0.6 is 0 Å². The van der Waals surface area contributed by atoms with Gasteiger partial charge < -0.3 is 14.8 Å². The molecule has 17 heavy (non-hydrogen) atoms. The minimum absolute atomic E-state index is 0.00425. The van der Waals surface area contributed by atoms with Crippen LogP contribution in [-0.2, 0) is 0 Å². The molecule has 0 aliphatic rings. The Morgan fingerprint density at radius 1 is 1.06 bits per heavy atom. The number of nitrogens with zero attached hydrogens (tertiary/aromatic N) is 3. The fourth-order valence-corrected chi connectivity index (χ4v) is 1.03. The molecule has 0 fully saturated rings. The predicted octanol–water partition coefficient (Wildman–Crippen LogP) is 1.88. The molecule has 0 radical (unpaired) electrons. The lowest BCUT2D eigenvalue weighted by atomic mass is 10.2. The van der Waals surface area contributed by atoms with E-state index in [1.54, 1.807) is 7.05 Å². The highest BCUT2D eigenvalue weighted by atomic mass is 16.5. The van der Waals surface area contributed by atoms with Crippen LogP contribution in [0, 0.1) is 0 Å². The Morgan fingerprint density at radius 2 is 1.65 bits per heavy atom. The van der Waals surface area contributed by atoms with Crippen molar-refractivity contribution in [3.63, 3.8) is 0 Å². The maximum absolute atomic E-state index is 5.58. The van der Waals surface area contributed by atoms with E-state index in [4.69, 9.17) is 9.47 Å². The first-order chi connectivity index (χ1) is 7.80. The lowest BCUT2D eigenvalue weighted by molar-refractivity contribution is 0.113. The predicted molar refractivity (Wildman–Crippen MR) is 65.5 cm³/mol. The number of hydrogen-bond donors (Lipinski definition) is 1. The van der Waals surface area contributed by atoms with E-state index in [0.29, 0.717) is 5.95 Å². The minimum Gasteiger partial charge on any atom is -0.461 e. The van der Waals surface area contributed by atoms with Crippen LogP contribution < -0.4 is 14.8 Å². The fraction of sp³-hybridized carbons (Fsp3) is 0.727. The van der Waals surface area contributed by atoms with Gasteiger partial charge in [-0.3, -0.25) is 0 Å². The molecule has 0 atom stereocenters. The van der Waals surface area contributed by atoms with Crippen molar-refractivity contribution >= 4 is 5.95 Å². The lowest BCUT2D eigenvalue weighted by Gasteiger charge is -2.20. The molecule has 0 saturated carbocycles. The first-order valence-electron chi connectivity index (χ1n) is 5.59. The Bertz CT molecular complexity index is 374. The van der Waals surface area contributed by atoms with Crippen molar-refractivity contribution in [2.75, 3.05) is 12.4 Å². The van der Waals surface area contributed by atoms with E-state index in [1.807, 2.05) is 34.6 Å². The number of ether oxygens (including phenoxy) is 2. The summed E-state index contributed by atoms with van der Waals surface area (Å²) in [4.78, 5) is 12.3. The Hall–Kier alpha value is -1.59. The van der Waals surface area contributed by atoms with Crippen molar-refractivity contribution in [3.8, 4) is 12.0 Å². The standard InChI is InChI=1S/C11H20N4O2/c1-7(2)16-9-13-8(12-6)14-10(15-9)17-11(3,4)5/h7H,1-6H3,(H,12,13,14,15). The quantitative estimate of drug-likeness (QED) is 0.866. The van der Waals surface area contributed by atoms with Crippen LogP contribution in [0.2, 0.25) is 0 Å². The molecular weight excluding hydrogens is 220 g/mol. The molecule has 6 heteroatoms. The van der Waals surface area contributed by atoms with Crippen molar-refractivity contribution in [2.45, 2.75) is 46.3 Å². The highest BCUT2D eigenvalue weighted by Crippen LogP contribution is 2.18.